The molecule has 0 saturated carbocycles. The first kappa shape index (κ1) is 18.1. The normalized spacial score (nSPS) is 12.5. The molecule has 0 unspecified atom stereocenters. The third-order valence-electron chi connectivity index (χ3n) is 5.36. The van der Waals surface area contributed by atoms with Gasteiger partial charge in [0.25, 0.3) is 5.91 Å². The molecule has 0 radical (unpaired) electrons. The number of para-hydroxylation sites is 1. The Kier molecular flexibility index (Phi) is 4.75. The number of anilines is 1. The van der Waals surface area contributed by atoms with Gasteiger partial charge in [-0.15, -0.1) is 6.42 Å². The number of nitrogens with zero attached hydrogens (tertiary/aromatic N) is 3. The van der Waals surface area contributed by atoms with Gasteiger partial charge >= 0.3 is 0 Å². The van der Waals surface area contributed by atoms with Crippen LogP contribution >= 0.6 is 0 Å². The summed E-state index contributed by atoms with van der Waals surface area (Å²) in [6.45, 7) is 4.60. The Morgan fingerprint density at radius 2 is 2.04 bits per heavy atom. The highest BCUT2D eigenvalue weighted by atomic mass is 16.2. The van der Waals surface area contributed by atoms with E-state index >= 15 is 0 Å². The lowest BCUT2D eigenvalue weighted by atomic mass is 10.1. The van der Waals surface area contributed by atoms with Crippen molar-refractivity contribution in [3.63, 3.8) is 0 Å². The molecule has 1 amide bonds. The number of fused-ring (bicyclic) bond motifs is 1. The minimum Gasteiger partial charge on any atom is -0.307 e. The number of carbonyl (C=O) groups excluding carboxylic acids is 1. The van der Waals surface area contributed by atoms with E-state index in [9.17, 15) is 4.79 Å². The Morgan fingerprint density at radius 3 is 2.79 bits per heavy atom. The van der Waals surface area contributed by atoms with Gasteiger partial charge in [0.2, 0.25) is 0 Å². The molecule has 4 rings (SSSR count). The summed E-state index contributed by atoms with van der Waals surface area (Å²) in [5.41, 5.74) is 6.55. The Morgan fingerprint density at radius 1 is 1.21 bits per heavy atom. The van der Waals surface area contributed by atoms with E-state index in [0.717, 1.165) is 53.0 Å². The Balaban J connectivity index is 1.79. The van der Waals surface area contributed by atoms with E-state index in [1.54, 1.807) is 4.90 Å². The molecule has 0 aliphatic heterocycles. The molecule has 3 aromatic rings. The Hall–Kier alpha value is -3.32. The maximum atomic E-state index is 13.5. The highest BCUT2D eigenvalue weighted by Gasteiger charge is 2.30. The predicted octanol–water partition coefficient (Wildman–Crippen LogP) is 4.32. The molecule has 1 aliphatic carbocycles. The summed E-state index contributed by atoms with van der Waals surface area (Å²) < 4.78 is 1.97. The Labute approximate surface area is 165 Å². The van der Waals surface area contributed by atoms with Crippen LogP contribution in [-0.4, -0.2) is 22.2 Å². The van der Waals surface area contributed by atoms with E-state index in [1.165, 1.54) is 0 Å². The van der Waals surface area contributed by atoms with Crippen molar-refractivity contribution in [1.29, 1.82) is 0 Å². The summed E-state index contributed by atoms with van der Waals surface area (Å²) in [6, 6.07) is 15.7. The summed E-state index contributed by atoms with van der Waals surface area (Å²) in [6.07, 6.45) is 8.43. The van der Waals surface area contributed by atoms with E-state index in [0.29, 0.717) is 12.2 Å². The third kappa shape index (κ3) is 2.99. The zero-order chi connectivity index (χ0) is 19.7. The zero-order valence-electron chi connectivity index (χ0n) is 16.3. The molecule has 1 heterocycles. The highest BCUT2D eigenvalue weighted by Crippen LogP contribution is 2.30. The molecule has 0 atom stereocenters. The molecule has 4 nitrogen and oxygen atoms in total. The predicted molar refractivity (Wildman–Crippen MR) is 112 cm³/mol. The van der Waals surface area contributed by atoms with Crippen LogP contribution in [0.3, 0.4) is 0 Å². The molecule has 0 fully saturated rings. The van der Waals surface area contributed by atoms with Crippen molar-refractivity contribution in [2.24, 2.45) is 0 Å². The van der Waals surface area contributed by atoms with Crippen molar-refractivity contribution in [2.45, 2.75) is 33.1 Å². The van der Waals surface area contributed by atoms with E-state index in [1.807, 2.05) is 48.0 Å². The number of aromatic nitrogens is 2. The van der Waals surface area contributed by atoms with Crippen LogP contribution in [0.2, 0.25) is 0 Å². The summed E-state index contributed by atoms with van der Waals surface area (Å²) in [5.74, 6) is 2.57. The van der Waals surface area contributed by atoms with Gasteiger partial charge in [0.1, 0.15) is 0 Å². The van der Waals surface area contributed by atoms with Gasteiger partial charge in [-0.3, -0.25) is 4.79 Å². The van der Waals surface area contributed by atoms with Crippen molar-refractivity contribution in [3.05, 3.63) is 76.6 Å². The van der Waals surface area contributed by atoms with E-state index in [2.05, 4.69) is 25.0 Å². The zero-order valence-corrected chi connectivity index (χ0v) is 16.3. The number of aryl methyl sites for hydroxylation is 1. The first-order valence-corrected chi connectivity index (χ1v) is 9.69. The van der Waals surface area contributed by atoms with Crippen LogP contribution in [0.5, 0.6) is 0 Å². The van der Waals surface area contributed by atoms with Crippen molar-refractivity contribution >= 4 is 11.6 Å². The fraction of sp³-hybridized carbons (Fsp3) is 0.250. The number of rotatable bonds is 4. The molecule has 28 heavy (non-hydrogen) atoms. The molecule has 1 aliphatic rings. The van der Waals surface area contributed by atoms with Gasteiger partial charge in [0.05, 0.1) is 5.69 Å². The number of benzene rings is 2. The van der Waals surface area contributed by atoms with Gasteiger partial charge in [-0.05, 0) is 62.9 Å². The molecule has 140 valence electrons. The lowest BCUT2D eigenvalue weighted by molar-refractivity contribution is 0.0982. The lowest BCUT2D eigenvalue weighted by Crippen LogP contribution is -2.31. The fourth-order valence-electron chi connectivity index (χ4n) is 3.94. The van der Waals surface area contributed by atoms with Gasteiger partial charge in [0.15, 0.2) is 5.69 Å². The quantitative estimate of drug-likeness (QED) is 0.643. The van der Waals surface area contributed by atoms with Crippen molar-refractivity contribution in [2.75, 3.05) is 11.4 Å². The Bertz CT molecular complexity index is 1090. The second kappa shape index (κ2) is 7.36. The number of amides is 1. The molecule has 2 aromatic carbocycles. The molecule has 0 bridgehead atoms. The second-order valence-electron chi connectivity index (χ2n) is 7.07. The van der Waals surface area contributed by atoms with E-state index in [-0.39, 0.29) is 5.91 Å². The molecule has 0 saturated heterocycles. The van der Waals surface area contributed by atoms with Crippen molar-refractivity contribution in [1.82, 2.24) is 9.78 Å². The second-order valence-corrected chi connectivity index (χ2v) is 7.07. The number of terminal acetylenes is 1. The molecular formula is C24H23N3O. The molecule has 4 heteroatoms. The number of hydrogen-bond acceptors (Lipinski definition) is 2. The topological polar surface area (TPSA) is 38.1 Å². The van der Waals surface area contributed by atoms with Gasteiger partial charge in [0, 0.05) is 29.1 Å². The maximum Gasteiger partial charge on any atom is 0.279 e. The van der Waals surface area contributed by atoms with Gasteiger partial charge in [-0.1, -0.05) is 30.2 Å². The van der Waals surface area contributed by atoms with Crippen LogP contribution in [0.1, 0.15) is 46.2 Å². The minimum atomic E-state index is -0.0674. The van der Waals surface area contributed by atoms with Crippen LogP contribution in [0.15, 0.2) is 48.5 Å². The summed E-state index contributed by atoms with van der Waals surface area (Å²) in [7, 11) is 0. The van der Waals surface area contributed by atoms with Crippen LogP contribution in [0, 0.1) is 19.3 Å². The standard InChI is InChI=1S/C24H23N3O/c1-4-18-11-8-12-19(16-18)26(5-2)24(28)23-20-13-9-15-22(20)27(25-23)21-14-7-6-10-17(21)3/h1,6-8,10-12,14,16H,5,9,13,15H2,2-3H3. The smallest absolute Gasteiger partial charge is 0.279 e. The SMILES string of the molecule is C#Cc1cccc(N(CC)C(=O)c2nn(-c3ccccc3C)c3c2CCC3)c1. The van der Waals surface area contributed by atoms with Crippen LogP contribution in [-0.2, 0) is 12.8 Å². The van der Waals surface area contributed by atoms with Crippen molar-refractivity contribution in [3.8, 4) is 18.0 Å². The molecular weight excluding hydrogens is 346 g/mol. The monoisotopic (exact) mass is 369 g/mol. The average molecular weight is 369 g/mol. The molecule has 0 spiro atoms. The summed E-state index contributed by atoms with van der Waals surface area (Å²) in [4.78, 5) is 15.2. The first-order valence-electron chi connectivity index (χ1n) is 9.69. The number of carbonyl (C=O) groups is 1. The summed E-state index contributed by atoms with van der Waals surface area (Å²) in [5, 5.41) is 4.78. The fourth-order valence-corrected chi connectivity index (χ4v) is 3.94. The van der Waals surface area contributed by atoms with Crippen LogP contribution in [0.4, 0.5) is 5.69 Å². The van der Waals surface area contributed by atoms with E-state index < -0.39 is 0 Å². The van der Waals surface area contributed by atoms with Gasteiger partial charge in [-0.2, -0.15) is 5.10 Å². The largest absolute Gasteiger partial charge is 0.307 e. The van der Waals surface area contributed by atoms with Crippen molar-refractivity contribution < 1.29 is 4.79 Å². The average Bonchev–Trinajstić information content (AvgIpc) is 3.32. The number of hydrogen-bond donors (Lipinski definition) is 0. The minimum absolute atomic E-state index is 0.0674. The molecule has 1 aromatic heterocycles. The maximum absolute atomic E-state index is 13.5. The van der Waals surface area contributed by atoms with Crippen LogP contribution < -0.4 is 4.90 Å². The van der Waals surface area contributed by atoms with Gasteiger partial charge < -0.3 is 4.90 Å². The lowest BCUT2D eigenvalue weighted by Gasteiger charge is -2.20. The third-order valence-corrected chi connectivity index (χ3v) is 5.36. The van der Waals surface area contributed by atoms with Crippen LogP contribution in [0.25, 0.3) is 5.69 Å². The van der Waals surface area contributed by atoms with E-state index in [4.69, 9.17) is 11.5 Å². The molecule has 0 N–H and O–H groups in total. The van der Waals surface area contributed by atoms with Gasteiger partial charge in [-0.25, -0.2) is 4.68 Å². The summed E-state index contributed by atoms with van der Waals surface area (Å²) >= 11 is 0. The first-order chi connectivity index (χ1) is 13.6. The highest BCUT2D eigenvalue weighted by molar-refractivity contribution is 6.06.